The molecular formula is C16H32O4. The standard InChI is InChI=1S/C16H32O4/c1-5-8-11-12-18-15(17)16(4,19-13-9-6-2)20-14-10-7-3/h5-14H2,1-4H3. The first-order valence-electron chi connectivity index (χ1n) is 8.05. The minimum absolute atomic E-state index is 0.402. The van der Waals surface area contributed by atoms with Crippen molar-refractivity contribution >= 4 is 5.97 Å². The van der Waals surface area contributed by atoms with Crippen LogP contribution in [0.3, 0.4) is 0 Å². The highest BCUT2D eigenvalue weighted by atomic mass is 16.7. The molecule has 4 nitrogen and oxygen atoms in total. The van der Waals surface area contributed by atoms with E-state index < -0.39 is 11.8 Å². The Morgan fingerprint density at radius 3 is 1.75 bits per heavy atom. The van der Waals surface area contributed by atoms with Crippen LogP contribution in [0, 0.1) is 0 Å². The lowest BCUT2D eigenvalue weighted by atomic mass is 10.2. The van der Waals surface area contributed by atoms with Crippen molar-refractivity contribution in [2.24, 2.45) is 0 Å². The molecule has 0 heterocycles. The zero-order valence-electron chi connectivity index (χ0n) is 13.7. The molecule has 0 aliphatic heterocycles. The van der Waals surface area contributed by atoms with E-state index in [1.807, 2.05) is 0 Å². The average Bonchev–Trinajstić information content (AvgIpc) is 2.44. The number of rotatable bonds is 13. The summed E-state index contributed by atoms with van der Waals surface area (Å²) < 4.78 is 16.6. The van der Waals surface area contributed by atoms with Gasteiger partial charge in [0.1, 0.15) is 0 Å². The van der Waals surface area contributed by atoms with Gasteiger partial charge in [-0.1, -0.05) is 46.5 Å². The maximum absolute atomic E-state index is 12.1. The summed E-state index contributed by atoms with van der Waals surface area (Å²) in [6.45, 7) is 9.43. The molecular weight excluding hydrogens is 256 g/mol. The van der Waals surface area contributed by atoms with E-state index in [1.54, 1.807) is 6.92 Å². The van der Waals surface area contributed by atoms with Gasteiger partial charge in [-0.2, -0.15) is 0 Å². The summed E-state index contributed by atoms with van der Waals surface area (Å²) in [6.07, 6.45) is 6.94. The van der Waals surface area contributed by atoms with E-state index in [4.69, 9.17) is 14.2 Å². The number of hydrogen-bond acceptors (Lipinski definition) is 4. The van der Waals surface area contributed by atoms with E-state index in [9.17, 15) is 4.79 Å². The van der Waals surface area contributed by atoms with Crippen molar-refractivity contribution < 1.29 is 19.0 Å². The van der Waals surface area contributed by atoms with Crippen LogP contribution in [-0.2, 0) is 19.0 Å². The minimum atomic E-state index is -1.25. The monoisotopic (exact) mass is 288 g/mol. The summed E-state index contributed by atoms with van der Waals surface area (Å²) in [5.41, 5.74) is 0. The van der Waals surface area contributed by atoms with Gasteiger partial charge < -0.3 is 14.2 Å². The summed E-state index contributed by atoms with van der Waals surface area (Å²) in [4.78, 5) is 12.1. The smallest absolute Gasteiger partial charge is 0.366 e. The second-order valence-corrected chi connectivity index (χ2v) is 5.19. The van der Waals surface area contributed by atoms with E-state index >= 15 is 0 Å². The first-order valence-corrected chi connectivity index (χ1v) is 8.05. The van der Waals surface area contributed by atoms with Crippen LogP contribution < -0.4 is 0 Å². The molecule has 0 saturated heterocycles. The van der Waals surface area contributed by atoms with Crippen molar-refractivity contribution in [2.45, 2.75) is 78.4 Å². The van der Waals surface area contributed by atoms with E-state index in [-0.39, 0.29) is 0 Å². The Labute approximate surface area is 124 Å². The zero-order chi connectivity index (χ0) is 15.3. The van der Waals surface area contributed by atoms with Crippen LogP contribution in [0.15, 0.2) is 0 Å². The fraction of sp³-hybridized carbons (Fsp3) is 0.938. The largest absolute Gasteiger partial charge is 0.462 e. The Hall–Kier alpha value is -0.610. The van der Waals surface area contributed by atoms with Gasteiger partial charge >= 0.3 is 5.97 Å². The Morgan fingerprint density at radius 1 is 0.800 bits per heavy atom. The highest BCUT2D eigenvalue weighted by Crippen LogP contribution is 2.17. The van der Waals surface area contributed by atoms with E-state index in [2.05, 4.69) is 20.8 Å². The SMILES string of the molecule is CCCCCOC(=O)C(C)(OCCCC)OCCCC. The summed E-state index contributed by atoms with van der Waals surface area (Å²) in [5, 5.41) is 0. The number of hydrogen-bond donors (Lipinski definition) is 0. The topological polar surface area (TPSA) is 44.8 Å². The Balaban J connectivity index is 4.27. The molecule has 20 heavy (non-hydrogen) atoms. The summed E-state index contributed by atoms with van der Waals surface area (Å²) in [7, 11) is 0. The van der Waals surface area contributed by atoms with Crippen LogP contribution in [0.5, 0.6) is 0 Å². The van der Waals surface area contributed by atoms with E-state index in [1.165, 1.54) is 0 Å². The Kier molecular flexibility index (Phi) is 11.8. The predicted molar refractivity (Wildman–Crippen MR) is 80.6 cm³/mol. The molecule has 0 saturated carbocycles. The molecule has 0 fully saturated rings. The molecule has 4 heteroatoms. The van der Waals surface area contributed by atoms with Crippen LogP contribution in [0.4, 0.5) is 0 Å². The molecule has 0 amide bonds. The predicted octanol–water partition coefficient (Wildman–Crippen LogP) is 4.07. The van der Waals surface area contributed by atoms with E-state index in [0.717, 1.165) is 44.9 Å². The van der Waals surface area contributed by atoms with Crippen molar-refractivity contribution in [2.75, 3.05) is 19.8 Å². The minimum Gasteiger partial charge on any atom is -0.462 e. The van der Waals surface area contributed by atoms with Crippen molar-refractivity contribution in [1.29, 1.82) is 0 Å². The molecule has 0 aliphatic carbocycles. The molecule has 0 N–H and O–H groups in total. The molecule has 120 valence electrons. The fourth-order valence-corrected chi connectivity index (χ4v) is 1.63. The molecule has 0 aliphatic rings. The van der Waals surface area contributed by atoms with E-state index in [0.29, 0.717) is 19.8 Å². The molecule has 0 aromatic heterocycles. The number of ether oxygens (including phenoxy) is 3. The van der Waals surface area contributed by atoms with Gasteiger partial charge in [-0.15, -0.1) is 0 Å². The van der Waals surface area contributed by atoms with Gasteiger partial charge in [0.15, 0.2) is 0 Å². The maximum Gasteiger partial charge on any atom is 0.366 e. The second-order valence-electron chi connectivity index (χ2n) is 5.19. The lowest BCUT2D eigenvalue weighted by molar-refractivity contribution is -0.241. The first-order chi connectivity index (χ1) is 9.60. The van der Waals surface area contributed by atoms with Crippen molar-refractivity contribution in [3.05, 3.63) is 0 Å². The number of esters is 1. The summed E-state index contributed by atoms with van der Waals surface area (Å²) >= 11 is 0. The Bertz CT molecular complexity index is 231. The van der Waals surface area contributed by atoms with Crippen molar-refractivity contribution in [1.82, 2.24) is 0 Å². The lowest BCUT2D eigenvalue weighted by Gasteiger charge is -2.27. The third-order valence-corrected chi connectivity index (χ3v) is 3.10. The van der Waals surface area contributed by atoms with Crippen LogP contribution in [0.1, 0.15) is 72.6 Å². The van der Waals surface area contributed by atoms with Gasteiger partial charge in [-0.05, 0) is 19.3 Å². The number of carbonyl (C=O) groups is 1. The molecule has 0 spiro atoms. The molecule has 0 rings (SSSR count). The van der Waals surface area contributed by atoms with Crippen molar-refractivity contribution in [3.8, 4) is 0 Å². The molecule has 0 bridgehead atoms. The van der Waals surface area contributed by atoms with Gasteiger partial charge in [-0.25, -0.2) is 4.79 Å². The molecule has 0 atom stereocenters. The third-order valence-electron chi connectivity index (χ3n) is 3.10. The zero-order valence-corrected chi connectivity index (χ0v) is 13.7. The quantitative estimate of drug-likeness (QED) is 0.291. The van der Waals surface area contributed by atoms with Crippen LogP contribution >= 0.6 is 0 Å². The summed E-state index contributed by atoms with van der Waals surface area (Å²) in [5.74, 6) is -1.66. The third kappa shape index (κ3) is 8.54. The second kappa shape index (κ2) is 12.2. The van der Waals surface area contributed by atoms with Gasteiger partial charge in [-0.3, -0.25) is 0 Å². The Morgan fingerprint density at radius 2 is 1.30 bits per heavy atom. The van der Waals surface area contributed by atoms with Crippen LogP contribution in [-0.4, -0.2) is 31.6 Å². The highest BCUT2D eigenvalue weighted by Gasteiger charge is 2.37. The number of unbranched alkanes of at least 4 members (excludes halogenated alkanes) is 4. The molecule has 0 unspecified atom stereocenters. The number of carbonyl (C=O) groups excluding carboxylic acids is 1. The normalized spacial score (nSPS) is 11.6. The van der Waals surface area contributed by atoms with Gasteiger partial charge in [0.05, 0.1) is 19.8 Å². The van der Waals surface area contributed by atoms with Gasteiger partial charge in [0, 0.05) is 6.92 Å². The molecule has 0 aromatic rings. The average molecular weight is 288 g/mol. The van der Waals surface area contributed by atoms with Gasteiger partial charge in [0.2, 0.25) is 0 Å². The maximum atomic E-state index is 12.1. The van der Waals surface area contributed by atoms with Gasteiger partial charge in [0.25, 0.3) is 5.79 Å². The summed E-state index contributed by atoms with van der Waals surface area (Å²) in [6, 6.07) is 0. The first kappa shape index (κ1) is 19.4. The molecule has 0 radical (unpaired) electrons. The van der Waals surface area contributed by atoms with Crippen LogP contribution in [0.2, 0.25) is 0 Å². The lowest BCUT2D eigenvalue weighted by Crippen LogP contribution is -2.43. The molecule has 0 aromatic carbocycles. The van der Waals surface area contributed by atoms with Crippen LogP contribution in [0.25, 0.3) is 0 Å². The highest BCUT2D eigenvalue weighted by molar-refractivity contribution is 5.77. The fourth-order valence-electron chi connectivity index (χ4n) is 1.63. The van der Waals surface area contributed by atoms with Crippen molar-refractivity contribution in [3.63, 3.8) is 0 Å².